The summed E-state index contributed by atoms with van der Waals surface area (Å²) in [6.45, 7) is 0. The molecular weight excluding hydrogens is 413 g/mol. The average Bonchev–Trinajstić information content (AvgIpc) is 3.45. The van der Waals surface area contributed by atoms with E-state index < -0.39 is 17.8 Å². The van der Waals surface area contributed by atoms with Gasteiger partial charge in [-0.05, 0) is 54.6 Å². The van der Waals surface area contributed by atoms with Gasteiger partial charge in [-0.1, -0.05) is 12.1 Å². The molecule has 4 rings (SSSR count). The van der Waals surface area contributed by atoms with Crippen molar-refractivity contribution in [1.29, 1.82) is 0 Å². The number of carbonyl (C=O) groups excluding carboxylic acids is 1. The summed E-state index contributed by atoms with van der Waals surface area (Å²) in [5.74, 6) is -0.207. The molecule has 9 heteroatoms. The third-order valence-electron chi connectivity index (χ3n) is 4.89. The normalized spacial score (nSPS) is 13.9. The molecule has 0 bridgehead atoms. The van der Waals surface area contributed by atoms with Gasteiger partial charge in [0.25, 0.3) is 5.91 Å². The van der Waals surface area contributed by atoms with Crippen LogP contribution >= 0.6 is 11.5 Å². The molecule has 0 atom stereocenters. The van der Waals surface area contributed by atoms with Gasteiger partial charge >= 0.3 is 6.18 Å². The largest absolute Gasteiger partial charge is 0.433 e. The Bertz CT molecular complexity index is 1070. The van der Waals surface area contributed by atoms with Crippen molar-refractivity contribution in [2.75, 3.05) is 24.3 Å². The number of hydrogen-bond acceptors (Lipinski definition) is 5. The fourth-order valence-corrected chi connectivity index (χ4v) is 4.07. The zero-order valence-electron chi connectivity index (χ0n) is 16.3. The summed E-state index contributed by atoms with van der Waals surface area (Å²) in [5.41, 5.74) is 2.62. The maximum absolute atomic E-state index is 12.9. The van der Waals surface area contributed by atoms with E-state index in [-0.39, 0.29) is 11.6 Å². The summed E-state index contributed by atoms with van der Waals surface area (Å²) in [6, 6.07) is 10.1. The molecule has 1 N–H and O–H groups in total. The zero-order valence-corrected chi connectivity index (χ0v) is 17.1. The number of pyridine rings is 1. The predicted molar refractivity (Wildman–Crippen MR) is 111 cm³/mol. The van der Waals surface area contributed by atoms with Crippen molar-refractivity contribution in [2.24, 2.45) is 0 Å². The molecule has 0 unspecified atom stereocenters. The Morgan fingerprint density at radius 3 is 2.47 bits per heavy atom. The highest BCUT2D eigenvalue weighted by molar-refractivity contribution is 7.08. The Morgan fingerprint density at radius 1 is 1.17 bits per heavy atom. The van der Waals surface area contributed by atoms with Crippen LogP contribution in [-0.2, 0) is 6.18 Å². The highest BCUT2D eigenvalue weighted by atomic mass is 32.1. The number of alkyl halides is 3. The first-order chi connectivity index (χ1) is 14.2. The Labute approximate surface area is 175 Å². The van der Waals surface area contributed by atoms with Crippen LogP contribution in [0.25, 0.3) is 11.3 Å². The van der Waals surface area contributed by atoms with E-state index in [0.29, 0.717) is 4.88 Å². The number of hydrogen-bond donors (Lipinski definition) is 1. The first-order valence-electron chi connectivity index (χ1n) is 9.36. The van der Waals surface area contributed by atoms with E-state index in [0.717, 1.165) is 59.1 Å². The average molecular weight is 432 g/mol. The maximum Gasteiger partial charge on any atom is 0.433 e. The van der Waals surface area contributed by atoms with Crippen molar-refractivity contribution in [1.82, 2.24) is 9.36 Å². The lowest BCUT2D eigenvalue weighted by molar-refractivity contribution is -0.141. The molecule has 2 aromatic heterocycles. The van der Waals surface area contributed by atoms with Gasteiger partial charge in [-0.25, -0.2) is 0 Å². The van der Waals surface area contributed by atoms with Crippen LogP contribution in [0.2, 0.25) is 0 Å². The van der Waals surface area contributed by atoms with Crippen LogP contribution in [0, 0.1) is 0 Å². The summed E-state index contributed by atoms with van der Waals surface area (Å²) >= 11 is 1.08. The molecule has 5 nitrogen and oxygen atoms in total. The lowest BCUT2D eigenvalue weighted by Gasteiger charge is -2.13. The molecule has 156 valence electrons. The van der Waals surface area contributed by atoms with E-state index in [4.69, 9.17) is 0 Å². The Morgan fingerprint density at radius 2 is 1.87 bits per heavy atom. The van der Waals surface area contributed by atoms with Gasteiger partial charge in [0, 0.05) is 42.8 Å². The Hall–Kier alpha value is -2.94. The highest BCUT2D eigenvalue weighted by Gasteiger charge is 2.35. The topological polar surface area (TPSA) is 58.1 Å². The summed E-state index contributed by atoms with van der Waals surface area (Å²) in [5, 5.41) is 2.57. The molecule has 2 heterocycles. The van der Waals surface area contributed by atoms with Crippen LogP contribution in [0.4, 0.5) is 24.5 Å². The van der Waals surface area contributed by atoms with Crippen LogP contribution in [0.15, 0.2) is 42.6 Å². The zero-order chi connectivity index (χ0) is 21.5. The maximum atomic E-state index is 12.9. The number of carbonyl (C=O) groups is 1. The Kier molecular flexibility index (Phi) is 5.23. The lowest BCUT2D eigenvalue weighted by atomic mass is 10.0. The molecule has 3 aromatic rings. The van der Waals surface area contributed by atoms with Crippen LogP contribution in [0.5, 0.6) is 0 Å². The smallest absolute Gasteiger partial charge is 0.378 e. The summed E-state index contributed by atoms with van der Waals surface area (Å²) in [7, 11) is 3.92. The molecule has 1 aliphatic carbocycles. The monoisotopic (exact) mass is 432 g/mol. The van der Waals surface area contributed by atoms with Crippen molar-refractivity contribution < 1.29 is 18.0 Å². The van der Waals surface area contributed by atoms with Crippen molar-refractivity contribution in [3.63, 3.8) is 0 Å². The number of nitrogens with zero attached hydrogens (tertiary/aromatic N) is 3. The van der Waals surface area contributed by atoms with Gasteiger partial charge in [-0.2, -0.15) is 17.5 Å². The standard InChI is InChI=1S/C21H19F3N4OS/c1-28(2)15-7-5-13(6-8-15)18-17(12-3-4-12)19(30-27-18)20(29)26-14-9-10-25-16(11-14)21(22,23)24/h5-12H,3-4H2,1-2H3,(H,25,26,29). The van der Waals surface area contributed by atoms with Crippen LogP contribution in [-0.4, -0.2) is 29.4 Å². The van der Waals surface area contributed by atoms with Crippen molar-refractivity contribution >= 4 is 28.8 Å². The number of rotatable bonds is 5. The molecule has 0 spiro atoms. The SMILES string of the molecule is CN(C)c1ccc(-c2nsc(C(=O)Nc3ccnc(C(F)(F)F)c3)c2C2CC2)cc1. The van der Waals surface area contributed by atoms with Crippen molar-refractivity contribution in [3.05, 3.63) is 58.7 Å². The van der Waals surface area contributed by atoms with Gasteiger partial charge in [0.1, 0.15) is 10.6 Å². The number of amides is 1. The van der Waals surface area contributed by atoms with E-state index in [2.05, 4.69) is 14.7 Å². The molecule has 0 aliphatic heterocycles. The van der Waals surface area contributed by atoms with Crippen LogP contribution < -0.4 is 10.2 Å². The molecular formula is C21H19F3N4OS. The second-order valence-electron chi connectivity index (χ2n) is 7.37. The van der Waals surface area contributed by atoms with Gasteiger partial charge in [-0.15, -0.1) is 0 Å². The van der Waals surface area contributed by atoms with E-state index in [1.54, 1.807) is 0 Å². The number of anilines is 2. The van der Waals surface area contributed by atoms with Crippen molar-refractivity contribution in [2.45, 2.75) is 24.9 Å². The minimum Gasteiger partial charge on any atom is -0.378 e. The van der Waals surface area contributed by atoms with E-state index >= 15 is 0 Å². The lowest BCUT2D eigenvalue weighted by Crippen LogP contribution is -2.14. The van der Waals surface area contributed by atoms with Crippen molar-refractivity contribution in [3.8, 4) is 11.3 Å². The van der Waals surface area contributed by atoms with Gasteiger partial charge in [0.05, 0.1) is 5.69 Å². The first-order valence-corrected chi connectivity index (χ1v) is 10.1. The fraction of sp³-hybridized carbons (Fsp3) is 0.286. The van der Waals surface area contributed by atoms with Crippen LogP contribution in [0.1, 0.15) is 39.7 Å². The van der Waals surface area contributed by atoms with E-state index in [1.807, 2.05) is 43.3 Å². The molecule has 0 radical (unpaired) electrons. The summed E-state index contributed by atoms with van der Waals surface area (Å²) in [4.78, 5) is 18.6. The molecule has 1 aromatic carbocycles. The van der Waals surface area contributed by atoms with Gasteiger partial charge in [-0.3, -0.25) is 9.78 Å². The van der Waals surface area contributed by atoms with Gasteiger partial charge < -0.3 is 10.2 Å². The van der Waals surface area contributed by atoms with E-state index in [1.165, 1.54) is 6.07 Å². The molecule has 1 amide bonds. The predicted octanol–water partition coefficient (Wildman–Crippen LogP) is 5.42. The van der Waals surface area contributed by atoms with E-state index in [9.17, 15) is 18.0 Å². The molecule has 30 heavy (non-hydrogen) atoms. The Balaban J connectivity index is 1.63. The second kappa shape index (κ2) is 7.71. The quantitative estimate of drug-likeness (QED) is 0.585. The molecule has 1 saturated carbocycles. The van der Waals surface area contributed by atoms with Gasteiger partial charge in [0.15, 0.2) is 0 Å². The molecule has 1 fully saturated rings. The number of halogens is 3. The molecule has 1 aliphatic rings. The highest BCUT2D eigenvalue weighted by Crippen LogP contribution is 2.47. The minimum atomic E-state index is -4.57. The fourth-order valence-electron chi connectivity index (χ4n) is 3.19. The number of nitrogens with one attached hydrogen (secondary N) is 1. The van der Waals surface area contributed by atoms with Gasteiger partial charge in [0.2, 0.25) is 0 Å². The third-order valence-corrected chi connectivity index (χ3v) is 5.75. The summed E-state index contributed by atoms with van der Waals surface area (Å²) in [6.07, 6.45) is -1.61. The number of benzene rings is 1. The minimum absolute atomic E-state index is 0.0503. The second-order valence-corrected chi connectivity index (χ2v) is 8.14. The van der Waals surface area contributed by atoms with Crippen LogP contribution in [0.3, 0.4) is 0 Å². The molecule has 0 saturated heterocycles. The summed E-state index contributed by atoms with van der Waals surface area (Å²) < 4.78 is 43.2. The first kappa shape index (κ1) is 20.3. The number of aromatic nitrogens is 2. The third kappa shape index (κ3) is 4.16.